The third kappa shape index (κ3) is 10.7. The highest BCUT2D eigenvalue weighted by Crippen LogP contribution is 2.04. The topological polar surface area (TPSA) is 132 Å². The summed E-state index contributed by atoms with van der Waals surface area (Å²) in [7, 11) is 0. The molecular formula is C24H39N5O5. The van der Waals surface area contributed by atoms with Gasteiger partial charge in [-0.15, -0.1) is 0 Å². The van der Waals surface area contributed by atoms with Gasteiger partial charge in [-0.1, -0.05) is 45.4 Å². The molecule has 0 saturated heterocycles. The SMILES string of the molecule is CCCCCCCn1c(=O)n(CCCCCCOC#N)c(=O)n(CCCCCCOC#N)c1=O. The normalized spacial score (nSPS) is 10.6. The first-order valence-corrected chi connectivity index (χ1v) is 12.5. The number of aromatic nitrogens is 3. The Morgan fingerprint density at radius 2 is 0.882 bits per heavy atom. The smallest absolute Gasteiger partial charge is 0.336 e. The summed E-state index contributed by atoms with van der Waals surface area (Å²) in [5.41, 5.74) is -1.59. The van der Waals surface area contributed by atoms with Gasteiger partial charge in [-0.3, -0.25) is 0 Å². The highest BCUT2D eigenvalue weighted by atomic mass is 16.5. The fraction of sp³-hybridized carbons (Fsp3) is 0.792. The van der Waals surface area contributed by atoms with Crippen LogP contribution in [0, 0.1) is 23.0 Å². The Hall–Kier alpha value is -3.01. The van der Waals surface area contributed by atoms with Crippen LogP contribution in [0.25, 0.3) is 0 Å². The summed E-state index contributed by atoms with van der Waals surface area (Å²) in [6, 6.07) is 0. The van der Waals surface area contributed by atoms with Crippen molar-refractivity contribution in [3.05, 3.63) is 31.5 Å². The Labute approximate surface area is 201 Å². The zero-order valence-corrected chi connectivity index (χ0v) is 20.5. The average molecular weight is 478 g/mol. The van der Waals surface area contributed by atoms with Gasteiger partial charge in [-0.25, -0.2) is 28.1 Å². The van der Waals surface area contributed by atoms with Gasteiger partial charge in [0.2, 0.25) is 0 Å². The van der Waals surface area contributed by atoms with Crippen molar-refractivity contribution in [1.82, 2.24) is 13.7 Å². The minimum atomic E-state index is -0.544. The molecule has 0 N–H and O–H groups in total. The zero-order chi connectivity index (χ0) is 25.0. The molecular weight excluding hydrogens is 438 g/mol. The molecule has 1 aromatic rings. The van der Waals surface area contributed by atoms with Gasteiger partial charge in [0, 0.05) is 19.6 Å². The summed E-state index contributed by atoms with van der Waals surface area (Å²) < 4.78 is 12.9. The number of nitrogens with zero attached hydrogens (tertiary/aromatic N) is 5. The predicted molar refractivity (Wildman–Crippen MR) is 128 cm³/mol. The summed E-state index contributed by atoms with van der Waals surface area (Å²) in [4.78, 5) is 39.0. The molecule has 0 unspecified atom stereocenters. The molecule has 1 rings (SSSR count). The van der Waals surface area contributed by atoms with Crippen molar-refractivity contribution >= 4 is 0 Å². The standard InChI is InChI=1S/C24H39N5O5/c1-2-3-4-5-10-15-27-22(30)28(16-11-6-8-13-18-33-20-25)24(32)29(23(27)31)17-12-7-9-14-19-34-21-26/h2-19H2,1H3. The van der Waals surface area contributed by atoms with E-state index in [0.29, 0.717) is 32.6 Å². The van der Waals surface area contributed by atoms with Crippen LogP contribution in [0.15, 0.2) is 14.4 Å². The highest BCUT2D eigenvalue weighted by Gasteiger charge is 2.15. The Morgan fingerprint density at radius 3 is 1.21 bits per heavy atom. The number of rotatable bonds is 20. The first-order valence-electron chi connectivity index (χ1n) is 12.5. The summed E-state index contributed by atoms with van der Waals surface area (Å²) in [5.74, 6) is 0. The molecule has 0 spiro atoms. The number of hydrogen-bond donors (Lipinski definition) is 0. The molecule has 0 bridgehead atoms. The van der Waals surface area contributed by atoms with Crippen LogP contribution in [0.4, 0.5) is 0 Å². The molecule has 0 radical (unpaired) electrons. The number of unbranched alkanes of at least 4 members (excludes halogenated alkanes) is 10. The van der Waals surface area contributed by atoms with Crippen LogP contribution < -0.4 is 17.1 Å². The Morgan fingerprint density at radius 1 is 0.559 bits per heavy atom. The second-order valence-corrected chi connectivity index (χ2v) is 8.42. The van der Waals surface area contributed by atoms with Gasteiger partial charge in [0.05, 0.1) is 0 Å². The lowest BCUT2D eigenvalue weighted by Gasteiger charge is -2.14. The third-order valence-electron chi connectivity index (χ3n) is 5.76. The molecule has 0 atom stereocenters. The van der Waals surface area contributed by atoms with Gasteiger partial charge in [0.15, 0.2) is 0 Å². The fourth-order valence-corrected chi connectivity index (χ4v) is 3.82. The van der Waals surface area contributed by atoms with Gasteiger partial charge in [-0.2, -0.15) is 10.5 Å². The molecule has 1 heterocycles. The van der Waals surface area contributed by atoms with E-state index in [-0.39, 0.29) is 13.1 Å². The van der Waals surface area contributed by atoms with Crippen LogP contribution in [0.1, 0.15) is 90.4 Å². The lowest BCUT2D eigenvalue weighted by molar-refractivity contribution is 0.259. The van der Waals surface area contributed by atoms with Crippen molar-refractivity contribution in [2.75, 3.05) is 13.2 Å². The number of ether oxygens (including phenoxy) is 2. The largest absolute Gasteiger partial charge is 0.428 e. The minimum absolute atomic E-state index is 0.262. The molecule has 10 heteroatoms. The van der Waals surface area contributed by atoms with Crippen LogP contribution in [-0.2, 0) is 29.1 Å². The van der Waals surface area contributed by atoms with Crippen molar-refractivity contribution < 1.29 is 9.47 Å². The van der Waals surface area contributed by atoms with Gasteiger partial charge in [0.25, 0.3) is 12.5 Å². The van der Waals surface area contributed by atoms with Crippen molar-refractivity contribution in [3.8, 4) is 12.5 Å². The zero-order valence-electron chi connectivity index (χ0n) is 20.5. The predicted octanol–water partition coefficient (Wildman–Crippen LogP) is 3.26. The molecule has 0 fully saturated rings. The van der Waals surface area contributed by atoms with Crippen LogP contribution in [0.3, 0.4) is 0 Å². The third-order valence-corrected chi connectivity index (χ3v) is 5.76. The maximum absolute atomic E-state index is 13.0. The number of nitriles is 2. The first-order chi connectivity index (χ1) is 16.6. The molecule has 0 amide bonds. The molecule has 0 saturated carbocycles. The lowest BCUT2D eigenvalue weighted by atomic mass is 10.1. The van der Waals surface area contributed by atoms with Crippen LogP contribution >= 0.6 is 0 Å². The highest BCUT2D eigenvalue weighted by molar-refractivity contribution is 4.79. The van der Waals surface area contributed by atoms with E-state index in [1.165, 1.54) is 13.7 Å². The molecule has 190 valence electrons. The van der Waals surface area contributed by atoms with Gasteiger partial charge in [0.1, 0.15) is 13.2 Å². The molecule has 1 aromatic heterocycles. The van der Waals surface area contributed by atoms with Crippen molar-refractivity contribution in [2.24, 2.45) is 0 Å². The maximum atomic E-state index is 13.0. The summed E-state index contributed by atoms with van der Waals surface area (Å²) in [6.45, 7) is 3.71. The summed E-state index contributed by atoms with van der Waals surface area (Å²) in [5, 5.41) is 16.8. The molecule has 0 aliphatic rings. The van der Waals surface area contributed by atoms with E-state index in [2.05, 4.69) is 16.4 Å². The molecule has 0 aliphatic heterocycles. The van der Waals surface area contributed by atoms with E-state index in [9.17, 15) is 14.4 Å². The van der Waals surface area contributed by atoms with E-state index >= 15 is 0 Å². The second kappa shape index (κ2) is 18.4. The average Bonchev–Trinajstić information content (AvgIpc) is 2.83. The Kier molecular flexibility index (Phi) is 15.7. The second-order valence-electron chi connectivity index (χ2n) is 8.42. The van der Waals surface area contributed by atoms with Crippen molar-refractivity contribution in [1.29, 1.82) is 10.5 Å². The maximum Gasteiger partial charge on any atom is 0.336 e. The van der Waals surface area contributed by atoms with Crippen molar-refractivity contribution in [2.45, 2.75) is 110 Å². The van der Waals surface area contributed by atoms with Gasteiger partial charge in [-0.05, 0) is 44.9 Å². The quantitative estimate of drug-likeness (QED) is 0.208. The summed E-state index contributed by atoms with van der Waals surface area (Å²) in [6.07, 6.45) is 14.2. The van der Waals surface area contributed by atoms with E-state index < -0.39 is 17.1 Å². The lowest BCUT2D eigenvalue weighted by Crippen LogP contribution is -2.54. The van der Waals surface area contributed by atoms with Gasteiger partial charge >= 0.3 is 17.1 Å². The Balaban J connectivity index is 2.87. The molecule has 0 aliphatic carbocycles. The van der Waals surface area contributed by atoms with E-state index in [1.807, 2.05) is 0 Å². The monoisotopic (exact) mass is 477 g/mol. The van der Waals surface area contributed by atoms with E-state index in [1.54, 1.807) is 12.5 Å². The van der Waals surface area contributed by atoms with Gasteiger partial charge < -0.3 is 9.47 Å². The van der Waals surface area contributed by atoms with Crippen molar-refractivity contribution in [3.63, 3.8) is 0 Å². The Bertz CT molecular complexity index is 885. The van der Waals surface area contributed by atoms with Crippen LogP contribution in [-0.4, -0.2) is 26.9 Å². The van der Waals surface area contributed by atoms with E-state index in [4.69, 9.17) is 10.5 Å². The van der Waals surface area contributed by atoms with Crippen LogP contribution in [0.5, 0.6) is 0 Å². The molecule has 34 heavy (non-hydrogen) atoms. The van der Waals surface area contributed by atoms with E-state index in [0.717, 1.165) is 70.6 Å². The molecule has 0 aromatic carbocycles. The molecule has 10 nitrogen and oxygen atoms in total. The first kappa shape index (κ1) is 29.0. The van der Waals surface area contributed by atoms with Crippen LogP contribution in [0.2, 0.25) is 0 Å². The summed E-state index contributed by atoms with van der Waals surface area (Å²) >= 11 is 0. The minimum Gasteiger partial charge on any atom is -0.428 e. The fourth-order valence-electron chi connectivity index (χ4n) is 3.82. The number of hydrogen-bond acceptors (Lipinski definition) is 7.